The van der Waals surface area contributed by atoms with Crippen LogP contribution in [0.15, 0.2) is 54.1 Å². The quantitative estimate of drug-likeness (QED) is 0.664. The van der Waals surface area contributed by atoms with Gasteiger partial charge in [0.05, 0.1) is 17.2 Å². The molecule has 24 heavy (non-hydrogen) atoms. The molecule has 0 aliphatic carbocycles. The van der Waals surface area contributed by atoms with Gasteiger partial charge in [-0.15, -0.1) is 0 Å². The molecule has 0 aliphatic heterocycles. The fourth-order valence-electron chi connectivity index (χ4n) is 1.86. The van der Waals surface area contributed by atoms with Crippen LogP contribution in [0.4, 0.5) is 5.69 Å². The van der Waals surface area contributed by atoms with Crippen LogP contribution in [0, 0.1) is 22.7 Å². The number of hydrogen-bond acceptors (Lipinski definition) is 4. The molecule has 2 rings (SSSR count). The number of hydrogen-bond donors (Lipinski definition) is 2. The van der Waals surface area contributed by atoms with Crippen LogP contribution in [0.5, 0.6) is 0 Å². The lowest BCUT2D eigenvalue weighted by Gasteiger charge is -2.05. The highest BCUT2D eigenvalue weighted by molar-refractivity contribution is 6.09. The van der Waals surface area contributed by atoms with Gasteiger partial charge in [-0.2, -0.15) is 10.5 Å². The Morgan fingerprint density at radius 3 is 2.12 bits per heavy atom. The zero-order valence-corrected chi connectivity index (χ0v) is 12.4. The van der Waals surface area contributed by atoms with Crippen LogP contribution >= 0.6 is 0 Å². The third-order valence-electron chi connectivity index (χ3n) is 3.11. The number of benzene rings is 2. The minimum Gasteiger partial charge on any atom is -0.478 e. The predicted octanol–water partition coefficient (Wildman–Crippen LogP) is 2.80. The number of carboxylic acid groups (broad SMARTS) is 1. The van der Waals surface area contributed by atoms with Gasteiger partial charge in [-0.25, -0.2) is 4.79 Å². The van der Waals surface area contributed by atoms with E-state index >= 15 is 0 Å². The van der Waals surface area contributed by atoms with Gasteiger partial charge in [-0.3, -0.25) is 4.79 Å². The number of nitrogens with one attached hydrogen (secondary N) is 1. The van der Waals surface area contributed by atoms with E-state index in [1.807, 2.05) is 12.1 Å². The zero-order chi connectivity index (χ0) is 17.5. The SMILES string of the molecule is N#C/C(=C\c1ccc(C#N)cc1)C(=O)Nc1ccc(C(=O)O)cc1. The predicted molar refractivity (Wildman–Crippen MR) is 86.8 cm³/mol. The van der Waals surface area contributed by atoms with Crippen molar-refractivity contribution < 1.29 is 14.7 Å². The van der Waals surface area contributed by atoms with Gasteiger partial charge in [0.15, 0.2) is 0 Å². The van der Waals surface area contributed by atoms with Gasteiger partial charge in [-0.05, 0) is 48.0 Å². The number of anilines is 1. The van der Waals surface area contributed by atoms with Crippen LogP contribution in [0.1, 0.15) is 21.5 Å². The van der Waals surface area contributed by atoms with E-state index in [0.717, 1.165) is 0 Å². The summed E-state index contributed by atoms with van der Waals surface area (Å²) in [7, 11) is 0. The molecule has 0 saturated heterocycles. The summed E-state index contributed by atoms with van der Waals surface area (Å²) in [5.74, 6) is -1.67. The van der Waals surface area contributed by atoms with Gasteiger partial charge in [-0.1, -0.05) is 12.1 Å². The summed E-state index contributed by atoms with van der Waals surface area (Å²) in [6, 6.07) is 15.8. The molecule has 6 heteroatoms. The standard InChI is InChI=1S/C18H11N3O3/c19-10-13-3-1-12(2-4-13)9-15(11-20)17(22)21-16-7-5-14(6-8-16)18(23)24/h1-9H,(H,21,22)(H,23,24)/b15-9+. The molecule has 0 aromatic heterocycles. The first-order valence-electron chi connectivity index (χ1n) is 6.80. The largest absolute Gasteiger partial charge is 0.478 e. The highest BCUT2D eigenvalue weighted by Crippen LogP contribution is 2.13. The monoisotopic (exact) mass is 317 g/mol. The molecule has 1 amide bonds. The molecule has 2 aromatic carbocycles. The number of amides is 1. The fourth-order valence-corrected chi connectivity index (χ4v) is 1.86. The van der Waals surface area contributed by atoms with E-state index in [2.05, 4.69) is 5.32 Å². The highest BCUT2D eigenvalue weighted by Gasteiger charge is 2.10. The van der Waals surface area contributed by atoms with Crippen molar-refractivity contribution in [2.45, 2.75) is 0 Å². The molecule has 6 nitrogen and oxygen atoms in total. The van der Waals surface area contributed by atoms with E-state index in [1.54, 1.807) is 24.3 Å². The van der Waals surface area contributed by atoms with Gasteiger partial charge in [0.2, 0.25) is 0 Å². The molecular weight excluding hydrogens is 306 g/mol. The molecule has 2 aromatic rings. The van der Waals surface area contributed by atoms with Crippen molar-refractivity contribution in [3.63, 3.8) is 0 Å². The average molecular weight is 317 g/mol. The van der Waals surface area contributed by atoms with Gasteiger partial charge >= 0.3 is 5.97 Å². The summed E-state index contributed by atoms with van der Waals surface area (Å²) in [4.78, 5) is 22.9. The fraction of sp³-hybridized carbons (Fsp3) is 0. The van der Waals surface area contributed by atoms with E-state index in [1.165, 1.54) is 30.3 Å². The molecule has 116 valence electrons. The van der Waals surface area contributed by atoms with Crippen LogP contribution < -0.4 is 5.32 Å². The van der Waals surface area contributed by atoms with Gasteiger partial charge in [0.25, 0.3) is 5.91 Å². The summed E-state index contributed by atoms with van der Waals surface area (Å²) in [5.41, 5.74) is 1.46. The Bertz CT molecular complexity index is 883. The minimum atomic E-state index is -1.06. The molecule has 0 radical (unpaired) electrons. The van der Waals surface area contributed by atoms with Crippen LogP contribution in [-0.2, 0) is 4.79 Å². The van der Waals surface area contributed by atoms with Gasteiger partial charge < -0.3 is 10.4 Å². The molecule has 0 unspecified atom stereocenters. The smallest absolute Gasteiger partial charge is 0.335 e. The second-order valence-corrected chi connectivity index (χ2v) is 4.74. The van der Waals surface area contributed by atoms with Crippen LogP contribution in [0.3, 0.4) is 0 Å². The topological polar surface area (TPSA) is 114 Å². The van der Waals surface area contributed by atoms with Crippen LogP contribution in [0.2, 0.25) is 0 Å². The van der Waals surface area contributed by atoms with Crippen LogP contribution in [-0.4, -0.2) is 17.0 Å². The lowest BCUT2D eigenvalue weighted by molar-refractivity contribution is -0.112. The second kappa shape index (κ2) is 7.39. The normalized spacial score (nSPS) is 10.3. The Hall–Kier alpha value is -3.90. The maximum absolute atomic E-state index is 12.1. The van der Waals surface area contributed by atoms with E-state index in [0.29, 0.717) is 16.8 Å². The number of carbonyl (C=O) groups is 2. The number of nitrogens with zero attached hydrogens (tertiary/aromatic N) is 2. The van der Waals surface area contributed by atoms with Crippen molar-refractivity contribution in [2.75, 3.05) is 5.32 Å². The second-order valence-electron chi connectivity index (χ2n) is 4.74. The Labute approximate surface area is 137 Å². The lowest BCUT2D eigenvalue weighted by atomic mass is 10.1. The summed E-state index contributed by atoms with van der Waals surface area (Å²) < 4.78 is 0. The molecular formula is C18H11N3O3. The summed E-state index contributed by atoms with van der Waals surface area (Å²) in [5, 5.41) is 29.2. The number of carbonyl (C=O) groups excluding carboxylic acids is 1. The van der Waals surface area contributed by atoms with Crippen molar-refractivity contribution in [1.82, 2.24) is 0 Å². The maximum atomic E-state index is 12.1. The first-order valence-corrected chi connectivity index (χ1v) is 6.80. The Balaban J connectivity index is 2.16. The summed E-state index contributed by atoms with van der Waals surface area (Å²) in [6.45, 7) is 0. The van der Waals surface area contributed by atoms with Gasteiger partial charge in [0.1, 0.15) is 11.6 Å². The first-order chi connectivity index (χ1) is 11.5. The number of nitriles is 2. The Morgan fingerprint density at radius 1 is 1.00 bits per heavy atom. The van der Waals surface area contributed by atoms with Crippen LogP contribution in [0.25, 0.3) is 6.08 Å². The molecule has 0 heterocycles. The lowest BCUT2D eigenvalue weighted by Crippen LogP contribution is -2.13. The molecule has 0 fully saturated rings. The Morgan fingerprint density at radius 2 is 1.62 bits per heavy atom. The molecule has 2 N–H and O–H groups in total. The first kappa shape index (κ1) is 16.5. The van der Waals surface area contributed by atoms with Crippen molar-refractivity contribution in [3.8, 4) is 12.1 Å². The minimum absolute atomic E-state index is 0.0987. The number of aromatic carboxylic acids is 1. The Kier molecular flexibility index (Phi) is 5.07. The number of carboxylic acids is 1. The zero-order valence-electron chi connectivity index (χ0n) is 12.4. The molecule has 0 atom stereocenters. The van der Waals surface area contributed by atoms with E-state index < -0.39 is 11.9 Å². The summed E-state index contributed by atoms with van der Waals surface area (Å²) >= 11 is 0. The van der Waals surface area contributed by atoms with Crippen molar-refractivity contribution in [2.24, 2.45) is 0 Å². The highest BCUT2D eigenvalue weighted by atomic mass is 16.4. The number of rotatable bonds is 4. The summed E-state index contributed by atoms with van der Waals surface area (Å²) in [6.07, 6.45) is 1.40. The van der Waals surface area contributed by atoms with E-state index in [9.17, 15) is 9.59 Å². The van der Waals surface area contributed by atoms with E-state index in [4.69, 9.17) is 15.6 Å². The van der Waals surface area contributed by atoms with Crippen molar-refractivity contribution >= 4 is 23.6 Å². The molecule has 0 aliphatic rings. The van der Waals surface area contributed by atoms with E-state index in [-0.39, 0.29) is 11.1 Å². The van der Waals surface area contributed by atoms with Crippen molar-refractivity contribution in [3.05, 3.63) is 70.8 Å². The molecule has 0 bridgehead atoms. The average Bonchev–Trinajstić information content (AvgIpc) is 2.60. The maximum Gasteiger partial charge on any atom is 0.335 e. The molecule has 0 saturated carbocycles. The third-order valence-corrected chi connectivity index (χ3v) is 3.11. The van der Waals surface area contributed by atoms with Gasteiger partial charge in [0, 0.05) is 5.69 Å². The molecule has 0 spiro atoms. The third kappa shape index (κ3) is 4.06. The van der Waals surface area contributed by atoms with Crippen molar-refractivity contribution in [1.29, 1.82) is 10.5 Å².